The number of carbonyl (C=O) groups is 1. The number of methoxy groups -OCH3 is 1. The van der Waals surface area contributed by atoms with Crippen LogP contribution in [-0.2, 0) is 15.1 Å². The van der Waals surface area contributed by atoms with Crippen LogP contribution < -0.4 is 5.32 Å². The normalized spacial score (nSPS) is 13.3. The Labute approximate surface area is 141 Å². The van der Waals surface area contributed by atoms with Crippen molar-refractivity contribution >= 4 is 43.5 Å². The molecule has 3 nitrogen and oxygen atoms in total. The minimum Gasteiger partial charge on any atom is -0.467 e. The van der Waals surface area contributed by atoms with Crippen molar-refractivity contribution in [3.63, 3.8) is 0 Å². The number of ether oxygens (including phenoxy) is 1. The first-order valence-electron chi connectivity index (χ1n) is 6.34. The van der Waals surface area contributed by atoms with E-state index in [1.54, 1.807) is 6.92 Å². The molecular weight excluding hydrogens is 398 g/mol. The van der Waals surface area contributed by atoms with Crippen molar-refractivity contribution in [2.75, 3.05) is 12.4 Å². The summed E-state index contributed by atoms with van der Waals surface area (Å²) in [6.45, 7) is 1.81. The van der Waals surface area contributed by atoms with Gasteiger partial charge in [0.25, 0.3) is 0 Å². The van der Waals surface area contributed by atoms with Gasteiger partial charge in [0.1, 0.15) is 0 Å². The van der Waals surface area contributed by atoms with Crippen molar-refractivity contribution in [1.29, 1.82) is 0 Å². The van der Waals surface area contributed by atoms with E-state index < -0.39 is 5.54 Å². The van der Waals surface area contributed by atoms with Crippen LogP contribution in [0.25, 0.3) is 0 Å². The van der Waals surface area contributed by atoms with Crippen LogP contribution in [0.5, 0.6) is 0 Å². The zero-order valence-corrected chi connectivity index (χ0v) is 14.9. The summed E-state index contributed by atoms with van der Waals surface area (Å²) in [4.78, 5) is 12.3. The molecule has 2 aromatic rings. The lowest BCUT2D eigenvalue weighted by molar-refractivity contribution is -0.145. The summed E-state index contributed by atoms with van der Waals surface area (Å²) in [5.41, 5.74) is 0.671. The number of carbonyl (C=O) groups excluding carboxylic acids is 1. The first-order chi connectivity index (χ1) is 9.97. The van der Waals surface area contributed by atoms with E-state index in [2.05, 4.69) is 37.2 Å². The second kappa shape index (κ2) is 6.62. The van der Waals surface area contributed by atoms with Gasteiger partial charge in [0.05, 0.1) is 7.11 Å². The molecule has 110 valence electrons. The summed E-state index contributed by atoms with van der Waals surface area (Å²) in [7, 11) is 1.39. The largest absolute Gasteiger partial charge is 0.467 e. The number of rotatable bonds is 4. The fourth-order valence-corrected chi connectivity index (χ4v) is 3.07. The summed E-state index contributed by atoms with van der Waals surface area (Å²) in [6.07, 6.45) is 0. The highest BCUT2D eigenvalue weighted by atomic mass is 79.9. The molecule has 2 rings (SSSR count). The lowest BCUT2D eigenvalue weighted by Gasteiger charge is -2.30. The Bertz CT molecular complexity index is 643. The van der Waals surface area contributed by atoms with Gasteiger partial charge in [-0.05, 0) is 37.3 Å². The Balaban J connectivity index is 2.45. The van der Waals surface area contributed by atoms with E-state index in [0.717, 1.165) is 20.2 Å². The van der Waals surface area contributed by atoms with Crippen LogP contribution in [0, 0.1) is 0 Å². The Hall–Kier alpha value is -1.33. The van der Waals surface area contributed by atoms with Crippen LogP contribution in [0.4, 0.5) is 5.69 Å². The van der Waals surface area contributed by atoms with E-state index in [4.69, 9.17) is 4.74 Å². The maximum absolute atomic E-state index is 12.3. The zero-order chi connectivity index (χ0) is 15.5. The van der Waals surface area contributed by atoms with Gasteiger partial charge in [-0.2, -0.15) is 0 Å². The Kier molecular flexibility index (Phi) is 5.06. The Morgan fingerprint density at radius 1 is 1.10 bits per heavy atom. The summed E-state index contributed by atoms with van der Waals surface area (Å²) in [6, 6.07) is 15.2. The molecule has 0 aromatic heterocycles. The van der Waals surface area contributed by atoms with E-state index in [1.807, 2.05) is 48.5 Å². The number of benzene rings is 2. The Morgan fingerprint density at radius 3 is 2.29 bits per heavy atom. The maximum atomic E-state index is 12.3. The molecule has 1 atom stereocenters. The van der Waals surface area contributed by atoms with Gasteiger partial charge >= 0.3 is 5.97 Å². The van der Waals surface area contributed by atoms with Crippen molar-refractivity contribution < 1.29 is 9.53 Å². The van der Waals surface area contributed by atoms with E-state index in [0.29, 0.717) is 0 Å². The summed E-state index contributed by atoms with van der Waals surface area (Å²) in [5.74, 6) is -0.350. The van der Waals surface area contributed by atoms with Gasteiger partial charge in [0, 0.05) is 20.2 Å². The summed E-state index contributed by atoms with van der Waals surface area (Å²) < 4.78 is 6.82. The molecule has 5 heteroatoms. The third-order valence-electron chi connectivity index (χ3n) is 3.24. The fourth-order valence-electron chi connectivity index (χ4n) is 2.12. The molecule has 1 N–H and O–H groups in total. The van der Waals surface area contributed by atoms with E-state index >= 15 is 0 Å². The van der Waals surface area contributed by atoms with Crippen LogP contribution in [0.1, 0.15) is 12.5 Å². The number of hydrogen-bond acceptors (Lipinski definition) is 3. The average molecular weight is 413 g/mol. The molecule has 0 fully saturated rings. The van der Waals surface area contributed by atoms with E-state index in [-0.39, 0.29) is 5.97 Å². The van der Waals surface area contributed by atoms with Crippen LogP contribution in [-0.4, -0.2) is 13.1 Å². The van der Waals surface area contributed by atoms with Crippen molar-refractivity contribution in [2.24, 2.45) is 0 Å². The van der Waals surface area contributed by atoms with Crippen molar-refractivity contribution in [1.82, 2.24) is 0 Å². The molecule has 0 amide bonds. The summed E-state index contributed by atoms with van der Waals surface area (Å²) >= 11 is 6.90. The average Bonchev–Trinajstić information content (AvgIpc) is 2.49. The monoisotopic (exact) mass is 411 g/mol. The molecule has 0 spiro atoms. The fraction of sp³-hybridized carbons (Fsp3) is 0.188. The number of halogens is 2. The van der Waals surface area contributed by atoms with Crippen LogP contribution in [0.3, 0.4) is 0 Å². The highest BCUT2D eigenvalue weighted by Crippen LogP contribution is 2.33. The van der Waals surface area contributed by atoms with E-state index in [1.165, 1.54) is 7.11 Å². The van der Waals surface area contributed by atoms with Crippen LogP contribution in [0.2, 0.25) is 0 Å². The van der Waals surface area contributed by atoms with Crippen molar-refractivity contribution in [2.45, 2.75) is 12.5 Å². The molecule has 0 aliphatic rings. The molecule has 0 heterocycles. The Morgan fingerprint density at radius 2 is 1.71 bits per heavy atom. The topological polar surface area (TPSA) is 38.3 Å². The second-order valence-corrected chi connectivity index (χ2v) is 6.50. The number of nitrogens with one attached hydrogen (secondary N) is 1. The van der Waals surface area contributed by atoms with Gasteiger partial charge < -0.3 is 10.1 Å². The number of hydrogen-bond donors (Lipinski definition) is 1. The zero-order valence-electron chi connectivity index (χ0n) is 11.7. The molecule has 0 aliphatic carbocycles. The lowest BCUT2D eigenvalue weighted by Crippen LogP contribution is -2.41. The molecule has 2 aromatic carbocycles. The van der Waals surface area contributed by atoms with Gasteiger partial charge in [-0.1, -0.05) is 50.1 Å². The van der Waals surface area contributed by atoms with E-state index in [9.17, 15) is 4.79 Å². The molecule has 1 unspecified atom stereocenters. The van der Waals surface area contributed by atoms with Gasteiger partial charge in [-0.3, -0.25) is 0 Å². The number of esters is 1. The highest BCUT2D eigenvalue weighted by Gasteiger charge is 2.37. The lowest BCUT2D eigenvalue weighted by atomic mass is 9.91. The predicted molar refractivity (Wildman–Crippen MR) is 91.3 cm³/mol. The second-order valence-electron chi connectivity index (χ2n) is 4.73. The molecule has 0 bridgehead atoms. The third-order valence-corrected chi connectivity index (χ3v) is 4.46. The quantitative estimate of drug-likeness (QED) is 0.738. The number of anilines is 1. The first kappa shape index (κ1) is 16.0. The molecule has 21 heavy (non-hydrogen) atoms. The maximum Gasteiger partial charge on any atom is 0.335 e. The van der Waals surface area contributed by atoms with Crippen molar-refractivity contribution in [3.05, 3.63) is 63.0 Å². The molecule has 0 saturated carbocycles. The highest BCUT2D eigenvalue weighted by molar-refractivity contribution is 9.10. The van der Waals surface area contributed by atoms with Gasteiger partial charge in [-0.25, -0.2) is 4.79 Å². The SMILES string of the molecule is COC(=O)C(C)(Nc1ccc(Br)cc1)c1ccccc1Br. The smallest absolute Gasteiger partial charge is 0.335 e. The minimum atomic E-state index is -0.983. The van der Waals surface area contributed by atoms with Gasteiger partial charge in [0.2, 0.25) is 0 Å². The molecular formula is C16H15Br2NO2. The predicted octanol–water partition coefficient (Wildman–Crippen LogP) is 4.71. The molecule has 0 saturated heterocycles. The minimum absolute atomic E-state index is 0.350. The first-order valence-corrected chi connectivity index (χ1v) is 7.93. The molecule has 0 radical (unpaired) electrons. The van der Waals surface area contributed by atoms with Gasteiger partial charge in [0.15, 0.2) is 5.54 Å². The third kappa shape index (κ3) is 3.47. The molecule has 0 aliphatic heterocycles. The van der Waals surface area contributed by atoms with Crippen LogP contribution >= 0.6 is 31.9 Å². The van der Waals surface area contributed by atoms with Gasteiger partial charge in [-0.15, -0.1) is 0 Å². The van der Waals surface area contributed by atoms with Crippen molar-refractivity contribution in [3.8, 4) is 0 Å². The van der Waals surface area contributed by atoms with Crippen LogP contribution in [0.15, 0.2) is 57.5 Å². The standard InChI is InChI=1S/C16H15Br2NO2/c1-16(15(20)21-2,13-5-3-4-6-14(13)18)19-12-9-7-11(17)8-10-12/h3-10,19H,1-2H3. The summed E-state index contributed by atoms with van der Waals surface area (Å²) in [5, 5.41) is 3.27.